The fourth-order valence-electron chi connectivity index (χ4n) is 1.94. The second-order valence-corrected chi connectivity index (χ2v) is 5.34. The molecule has 0 saturated heterocycles. The van der Waals surface area contributed by atoms with Gasteiger partial charge >= 0.3 is 0 Å². The summed E-state index contributed by atoms with van der Waals surface area (Å²) in [5.74, 6) is -0.358. The van der Waals surface area contributed by atoms with Gasteiger partial charge in [0.25, 0.3) is 0 Å². The molecule has 5 heteroatoms. The highest BCUT2D eigenvalue weighted by Crippen LogP contribution is 2.20. The molecule has 0 aromatic carbocycles. The van der Waals surface area contributed by atoms with Gasteiger partial charge in [0, 0.05) is 18.7 Å². The number of hydrogen-bond acceptors (Lipinski definition) is 3. The molecule has 1 atom stereocenters. The van der Waals surface area contributed by atoms with Gasteiger partial charge in [-0.3, -0.25) is 9.67 Å². The molecule has 0 fully saturated rings. The van der Waals surface area contributed by atoms with E-state index in [1.54, 1.807) is 6.07 Å². The molecule has 0 aliphatic heterocycles. The number of hydrogen-bond donors (Lipinski definition) is 1. The van der Waals surface area contributed by atoms with Crippen molar-refractivity contribution in [2.24, 2.45) is 5.73 Å². The summed E-state index contributed by atoms with van der Waals surface area (Å²) in [6.45, 7) is 6.02. The summed E-state index contributed by atoms with van der Waals surface area (Å²) in [5.41, 5.74) is 7.18. The Morgan fingerprint density at radius 3 is 2.63 bits per heavy atom. The van der Waals surface area contributed by atoms with E-state index in [1.807, 2.05) is 23.9 Å². The van der Waals surface area contributed by atoms with Crippen LogP contribution in [0.25, 0.3) is 0 Å². The Hall–Kier alpha value is -1.75. The molecule has 0 amide bonds. The molecule has 4 nitrogen and oxygen atoms in total. The maximum absolute atomic E-state index is 12.9. The standard InChI is InChI=1S/C14H19FN4/c1-10(2)19-7-6-12(18-19)8-14(3,16)13-5-4-11(15)9-17-13/h4-7,9-10H,8,16H2,1-3H3. The van der Waals surface area contributed by atoms with Crippen LogP contribution < -0.4 is 5.73 Å². The van der Waals surface area contributed by atoms with E-state index < -0.39 is 5.54 Å². The van der Waals surface area contributed by atoms with Crippen LogP contribution in [0.2, 0.25) is 0 Å². The van der Waals surface area contributed by atoms with Gasteiger partial charge in [-0.05, 0) is 39.0 Å². The average molecular weight is 262 g/mol. The zero-order valence-corrected chi connectivity index (χ0v) is 11.5. The van der Waals surface area contributed by atoms with Gasteiger partial charge in [-0.15, -0.1) is 0 Å². The Balaban J connectivity index is 2.17. The first kappa shape index (κ1) is 13.7. The van der Waals surface area contributed by atoms with Gasteiger partial charge in [-0.1, -0.05) is 0 Å². The summed E-state index contributed by atoms with van der Waals surface area (Å²) in [6, 6.07) is 5.27. The Bertz CT molecular complexity index is 543. The van der Waals surface area contributed by atoms with Crippen LogP contribution in [0.15, 0.2) is 30.6 Å². The van der Waals surface area contributed by atoms with Gasteiger partial charge in [0.1, 0.15) is 5.82 Å². The van der Waals surface area contributed by atoms with Crippen molar-refractivity contribution in [1.82, 2.24) is 14.8 Å². The number of aromatic nitrogens is 3. The lowest BCUT2D eigenvalue weighted by atomic mass is 9.93. The predicted molar refractivity (Wildman–Crippen MR) is 72.1 cm³/mol. The lowest BCUT2D eigenvalue weighted by molar-refractivity contribution is 0.456. The molecule has 2 aromatic heterocycles. The summed E-state index contributed by atoms with van der Waals surface area (Å²) < 4.78 is 14.8. The van der Waals surface area contributed by atoms with Crippen molar-refractivity contribution in [2.75, 3.05) is 0 Å². The van der Waals surface area contributed by atoms with E-state index in [0.717, 1.165) is 5.69 Å². The molecule has 2 aromatic rings. The minimum Gasteiger partial charge on any atom is -0.320 e. The zero-order valence-electron chi connectivity index (χ0n) is 11.5. The molecule has 0 spiro atoms. The van der Waals surface area contributed by atoms with Crippen molar-refractivity contribution < 1.29 is 4.39 Å². The first-order valence-electron chi connectivity index (χ1n) is 6.33. The highest BCUT2D eigenvalue weighted by atomic mass is 19.1. The number of rotatable bonds is 4. The molecule has 0 aliphatic carbocycles. The third-order valence-electron chi connectivity index (χ3n) is 3.05. The molecule has 1 unspecified atom stereocenters. The topological polar surface area (TPSA) is 56.7 Å². The molecular weight excluding hydrogens is 243 g/mol. The largest absolute Gasteiger partial charge is 0.320 e. The quantitative estimate of drug-likeness (QED) is 0.920. The first-order chi connectivity index (χ1) is 8.88. The van der Waals surface area contributed by atoms with Crippen LogP contribution in [-0.4, -0.2) is 14.8 Å². The van der Waals surface area contributed by atoms with E-state index in [2.05, 4.69) is 23.9 Å². The summed E-state index contributed by atoms with van der Waals surface area (Å²) >= 11 is 0. The molecule has 2 heterocycles. The SMILES string of the molecule is CC(C)n1ccc(CC(C)(N)c2ccc(F)cn2)n1. The van der Waals surface area contributed by atoms with Crippen molar-refractivity contribution >= 4 is 0 Å². The number of pyridine rings is 1. The smallest absolute Gasteiger partial charge is 0.141 e. The van der Waals surface area contributed by atoms with E-state index in [0.29, 0.717) is 18.2 Å². The molecular formula is C14H19FN4. The highest BCUT2D eigenvalue weighted by molar-refractivity contribution is 5.18. The molecule has 2 N–H and O–H groups in total. The Morgan fingerprint density at radius 2 is 2.11 bits per heavy atom. The lowest BCUT2D eigenvalue weighted by Gasteiger charge is -2.23. The van der Waals surface area contributed by atoms with Crippen LogP contribution in [0, 0.1) is 5.82 Å². The van der Waals surface area contributed by atoms with Crippen molar-refractivity contribution in [1.29, 1.82) is 0 Å². The second-order valence-electron chi connectivity index (χ2n) is 5.34. The Kier molecular flexibility index (Phi) is 3.66. The summed E-state index contributed by atoms with van der Waals surface area (Å²) in [4.78, 5) is 4.05. The summed E-state index contributed by atoms with van der Waals surface area (Å²) in [7, 11) is 0. The Labute approximate surface area is 112 Å². The summed E-state index contributed by atoms with van der Waals surface area (Å²) in [5, 5.41) is 4.47. The number of nitrogens with two attached hydrogens (primary N) is 1. The van der Waals surface area contributed by atoms with Crippen LogP contribution in [0.4, 0.5) is 4.39 Å². The van der Waals surface area contributed by atoms with Gasteiger partial charge in [-0.2, -0.15) is 5.10 Å². The number of nitrogens with zero attached hydrogens (tertiary/aromatic N) is 3. The van der Waals surface area contributed by atoms with Crippen LogP contribution >= 0.6 is 0 Å². The average Bonchev–Trinajstić information content (AvgIpc) is 2.77. The van der Waals surface area contributed by atoms with Crippen LogP contribution in [0.3, 0.4) is 0 Å². The molecule has 2 rings (SSSR count). The monoisotopic (exact) mass is 262 g/mol. The van der Waals surface area contributed by atoms with Gasteiger partial charge in [-0.25, -0.2) is 4.39 Å². The second kappa shape index (κ2) is 5.09. The van der Waals surface area contributed by atoms with Crippen LogP contribution in [0.5, 0.6) is 0 Å². The van der Waals surface area contributed by atoms with Crippen molar-refractivity contribution in [3.05, 3.63) is 47.8 Å². The lowest BCUT2D eigenvalue weighted by Crippen LogP contribution is -2.36. The molecule has 0 aliphatic rings. The van der Waals surface area contributed by atoms with Crippen LogP contribution in [0.1, 0.15) is 38.2 Å². The van der Waals surface area contributed by atoms with Crippen molar-refractivity contribution in [2.45, 2.75) is 38.8 Å². The van der Waals surface area contributed by atoms with Crippen molar-refractivity contribution in [3.8, 4) is 0 Å². The summed E-state index contributed by atoms with van der Waals surface area (Å²) in [6.07, 6.45) is 3.69. The van der Waals surface area contributed by atoms with Gasteiger partial charge in [0.2, 0.25) is 0 Å². The number of halogens is 1. The predicted octanol–water partition coefficient (Wildman–Crippen LogP) is 2.41. The molecule has 0 radical (unpaired) electrons. The van der Waals surface area contributed by atoms with E-state index in [9.17, 15) is 4.39 Å². The fraction of sp³-hybridized carbons (Fsp3) is 0.429. The molecule has 19 heavy (non-hydrogen) atoms. The molecule has 0 saturated carbocycles. The maximum atomic E-state index is 12.9. The highest BCUT2D eigenvalue weighted by Gasteiger charge is 2.24. The minimum absolute atomic E-state index is 0.321. The van der Waals surface area contributed by atoms with E-state index in [-0.39, 0.29) is 5.82 Å². The third-order valence-corrected chi connectivity index (χ3v) is 3.05. The van der Waals surface area contributed by atoms with Crippen molar-refractivity contribution in [3.63, 3.8) is 0 Å². The maximum Gasteiger partial charge on any atom is 0.141 e. The molecule has 0 bridgehead atoms. The Morgan fingerprint density at radius 1 is 1.37 bits per heavy atom. The normalized spacial score (nSPS) is 14.6. The van der Waals surface area contributed by atoms with E-state index >= 15 is 0 Å². The van der Waals surface area contributed by atoms with Gasteiger partial charge < -0.3 is 5.73 Å². The van der Waals surface area contributed by atoms with Gasteiger partial charge in [0.05, 0.1) is 23.1 Å². The third kappa shape index (κ3) is 3.17. The first-order valence-corrected chi connectivity index (χ1v) is 6.33. The zero-order chi connectivity index (χ0) is 14.0. The fourth-order valence-corrected chi connectivity index (χ4v) is 1.94. The minimum atomic E-state index is -0.663. The van der Waals surface area contributed by atoms with Crippen LogP contribution in [-0.2, 0) is 12.0 Å². The van der Waals surface area contributed by atoms with E-state index in [1.165, 1.54) is 12.3 Å². The molecule has 102 valence electrons. The van der Waals surface area contributed by atoms with E-state index in [4.69, 9.17) is 5.73 Å². The van der Waals surface area contributed by atoms with Gasteiger partial charge in [0.15, 0.2) is 0 Å².